The average Bonchev–Trinajstić information content (AvgIpc) is 3.39. The highest BCUT2D eigenvalue weighted by molar-refractivity contribution is 7.93. The predicted molar refractivity (Wildman–Crippen MR) is 184 cm³/mol. The molecule has 256 valence electrons. The van der Waals surface area contributed by atoms with Crippen molar-refractivity contribution in [3.05, 3.63) is 118 Å². The molecule has 0 spiro atoms. The number of anilines is 1. The second-order valence-electron chi connectivity index (χ2n) is 11.5. The maximum Gasteiger partial charge on any atom is 0.330 e. The molecule has 4 aromatic carbocycles. The van der Waals surface area contributed by atoms with Crippen LogP contribution in [0.2, 0.25) is 10.0 Å². The molecule has 2 aliphatic heterocycles. The molecular formula is C35H33Cl2N3O8S. The maximum atomic E-state index is 15.1. The molecule has 49 heavy (non-hydrogen) atoms. The van der Waals surface area contributed by atoms with Gasteiger partial charge in [-0.15, -0.1) is 0 Å². The standard InChI is InChI=1S/C35H33Cl2N3O8S/c1-46-30-15-13-24(19-31(30)47-2)49(44,45)40-28-14-12-23(36)18-26(28)35(43,25-10-6-7-11-27(25)37)32(40)33(41)39-17-16-38-20-29(39)34(42)48-21-22-8-4-3-5-9-22/h3-15,18-19,29,32,38,43H,16-17,20-21H2,1-2H3. The summed E-state index contributed by atoms with van der Waals surface area (Å²) in [6.45, 7) is 0.319. The summed E-state index contributed by atoms with van der Waals surface area (Å²) in [5.41, 5.74) is -1.50. The lowest BCUT2D eigenvalue weighted by Crippen LogP contribution is -2.64. The summed E-state index contributed by atoms with van der Waals surface area (Å²) in [6, 6.07) is 20.7. The summed E-state index contributed by atoms with van der Waals surface area (Å²) in [6.07, 6.45) is 0. The van der Waals surface area contributed by atoms with Gasteiger partial charge in [-0.1, -0.05) is 71.7 Å². The van der Waals surface area contributed by atoms with E-state index >= 15 is 4.79 Å². The first-order chi connectivity index (χ1) is 23.5. The third kappa shape index (κ3) is 6.19. The Morgan fingerprint density at radius 3 is 2.35 bits per heavy atom. The van der Waals surface area contributed by atoms with Crippen LogP contribution in [0.4, 0.5) is 5.69 Å². The van der Waals surface area contributed by atoms with Crippen molar-refractivity contribution in [1.82, 2.24) is 10.2 Å². The zero-order valence-corrected chi connectivity index (χ0v) is 28.8. The van der Waals surface area contributed by atoms with Crippen LogP contribution in [0.5, 0.6) is 11.5 Å². The first-order valence-corrected chi connectivity index (χ1v) is 17.5. The Hall–Kier alpha value is -4.33. The van der Waals surface area contributed by atoms with Gasteiger partial charge < -0.3 is 29.5 Å². The van der Waals surface area contributed by atoms with Crippen molar-refractivity contribution in [2.45, 2.75) is 29.2 Å². The van der Waals surface area contributed by atoms with E-state index in [1.807, 2.05) is 18.2 Å². The van der Waals surface area contributed by atoms with Gasteiger partial charge in [0.05, 0.1) is 24.8 Å². The number of amides is 1. The van der Waals surface area contributed by atoms with Crippen LogP contribution in [0, 0.1) is 0 Å². The lowest BCUT2D eigenvalue weighted by molar-refractivity contribution is -0.159. The van der Waals surface area contributed by atoms with Crippen molar-refractivity contribution in [3.63, 3.8) is 0 Å². The van der Waals surface area contributed by atoms with E-state index in [2.05, 4.69) is 5.32 Å². The molecule has 6 rings (SSSR count). The Labute approximate surface area is 294 Å². The SMILES string of the molecule is COc1ccc(S(=O)(=O)N2c3ccc(Cl)cc3C(O)(c3ccccc3Cl)C2C(=O)N2CCNCC2C(=O)OCc2ccccc2)cc1OC. The number of aliphatic hydroxyl groups is 1. The fraction of sp³-hybridized carbons (Fsp3) is 0.257. The van der Waals surface area contributed by atoms with Crippen molar-refractivity contribution < 1.29 is 37.3 Å². The van der Waals surface area contributed by atoms with Crippen molar-refractivity contribution in [2.24, 2.45) is 0 Å². The Morgan fingerprint density at radius 1 is 0.918 bits per heavy atom. The summed E-state index contributed by atoms with van der Waals surface area (Å²) in [7, 11) is -1.88. The average molecular weight is 727 g/mol. The van der Waals surface area contributed by atoms with Crippen LogP contribution in [0.25, 0.3) is 0 Å². The number of rotatable bonds is 9. The van der Waals surface area contributed by atoms with Crippen LogP contribution >= 0.6 is 23.2 Å². The van der Waals surface area contributed by atoms with E-state index in [4.69, 9.17) is 37.4 Å². The smallest absolute Gasteiger partial charge is 0.330 e. The normalized spacial score (nSPS) is 20.4. The van der Waals surface area contributed by atoms with Crippen molar-refractivity contribution in [3.8, 4) is 11.5 Å². The molecule has 3 atom stereocenters. The molecular weight excluding hydrogens is 693 g/mol. The molecule has 2 N–H and O–H groups in total. The zero-order valence-electron chi connectivity index (χ0n) is 26.5. The van der Waals surface area contributed by atoms with E-state index in [9.17, 15) is 18.3 Å². The van der Waals surface area contributed by atoms with Gasteiger partial charge in [-0.05, 0) is 42.0 Å². The number of hydrogen-bond donors (Lipinski definition) is 2. The van der Waals surface area contributed by atoms with Gasteiger partial charge in [0.2, 0.25) is 0 Å². The lowest BCUT2D eigenvalue weighted by Gasteiger charge is -2.41. The summed E-state index contributed by atoms with van der Waals surface area (Å²) in [5.74, 6) is -1.12. The Bertz CT molecular complexity index is 2000. The third-order valence-electron chi connectivity index (χ3n) is 8.69. The van der Waals surface area contributed by atoms with Gasteiger partial charge in [-0.3, -0.25) is 4.79 Å². The molecule has 0 bridgehead atoms. The minimum absolute atomic E-state index is 0.00158. The monoisotopic (exact) mass is 725 g/mol. The fourth-order valence-electron chi connectivity index (χ4n) is 6.32. The molecule has 1 fully saturated rings. The van der Waals surface area contributed by atoms with Gasteiger partial charge in [0.15, 0.2) is 17.5 Å². The quantitative estimate of drug-likeness (QED) is 0.241. The van der Waals surface area contributed by atoms with Gasteiger partial charge in [-0.25, -0.2) is 17.5 Å². The number of carbonyl (C=O) groups is 2. The number of benzene rings is 4. The van der Waals surface area contributed by atoms with E-state index in [0.717, 1.165) is 9.87 Å². The molecule has 1 amide bonds. The zero-order chi connectivity index (χ0) is 34.9. The molecule has 1 saturated heterocycles. The predicted octanol–water partition coefficient (Wildman–Crippen LogP) is 4.37. The van der Waals surface area contributed by atoms with E-state index in [-0.39, 0.29) is 63.0 Å². The number of nitrogens with one attached hydrogen (secondary N) is 1. The highest BCUT2D eigenvalue weighted by atomic mass is 35.5. The van der Waals surface area contributed by atoms with E-state index < -0.39 is 39.6 Å². The minimum atomic E-state index is -4.66. The van der Waals surface area contributed by atoms with E-state index in [1.165, 1.54) is 67.7 Å². The molecule has 0 saturated carbocycles. The van der Waals surface area contributed by atoms with Crippen molar-refractivity contribution >= 4 is 50.8 Å². The molecule has 0 radical (unpaired) electrons. The molecule has 3 unspecified atom stereocenters. The second-order valence-corrected chi connectivity index (χ2v) is 14.1. The van der Waals surface area contributed by atoms with Gasteiger partial charge in [0.1, 0.15) is 18.2 Å². The summed E-state index contributed by atoms with van der Waals surface area (Å²) in [5, 5.41) is 16.3. The van der Waals surface area contributed by atoms with Gasteiger partial charge >= 0.3 is 5.97 Å². The molecule has 0 aromatic heterocycles. The minimum Gasteiger partial charge on any atom is -0.493 e. The molecule has 2 aliphatic rings. The van der Waals surface area contributed by atoms with Crippen LogP contribution in [0.3, 0.4) is 0 Å². The topological polar surface area (TPSA) is 135 Å². The van der Waals surface area contributed by atoms with Crippen LogP contribution in [0.1, 0.15) is 16.7 Å². The van der Waals surface area contributed by atoms with E-state index in [0.29, 0.717) is 6.54 Å². The van der Waals surface area contributed by atoms with Crippen LogP contribution in [-0.2, 0) is 36.6 Å². The number of sulfonamides is 1. The van der Waals surface area contributed by atoms with Crippen molar-refractivity contribution in [1.29, 1.82) is 0 Å². The third-order valence-corrected chi connectivity index (χ3v) is 11.0. The number of ether oxygens (including phenoxy) is 3. The van der Waals surface area contributed by atoms with Crippen LogP contribution < -0.4 is 19.1 Å². The first-order valence-electron chi connectivity index (χ1n) is 15.3. The van der Waals surface area contributed by atoms with Crippen LogP contribution in [-0.4, -0.2) is 76.2 Å². The molecule has 11 nitrogen and oxygen atoms in total. The number of esters is 1. The van der Waals surface area contributed by atoms with Gasteiger partial charge in [0, 0.05) is 46.9 Å². The molecule has 2 heterocycles. The number of piperazine rings is 1. The Balaban J connectivity index is 1.51. The molecule has 0 aliphatic carbocycles. The Morgan fingerprint density at radius 2 is 1.63 bits per heavy atom. The van der Waals surface area contributed by atoms with Gasteiger partial charge in [-0.2, -0.15) is 0 Å². The summed E-state index contributed by atoms with van der Waals surface area (Å²) in [4.78, 5) is 29.6. The van der Waals surface area contributed by atoms with Gasteiger partial charge in [0.25, 0.3) is 15.9 Å². The summed E-state index contributed by atoms with van der Waals surface area (Å²) < 4.78 is 46.8. The summed E-state index contributed by atoms with van der Waals surface area (Å²) >= 11 is 13.1. The Kier molecular flexibility index (Phi) is 9.79. The van der Waals surface area contributed by atoms with E-state index in [1.54, 1.807) is 24.3 Å². The number of fused-ring (bicyclic) bond motifs is 1. The highest BCUT2D eigenvalue weighted by Crippen LogP contribution is 2.53. The number of methoxy groups -OCH3 is 2. The van der Waals surface area contributed by atoms with Crippen LogP contribution in [0.15, 0.2) is 95.9 Å². The number of carbonyl (C=O) groups excluding carboxylic acids is 2. The number of halogens is 2. The van der Waals surface area contributed by atoms with Crippen molar-refractivity contribution in [2.75, 3.05) is 38.2 Å². The molecule has 4 aromatic rings. The number of nitrogens with zero attached hydrogens (tertiary/aromatic N) is 2. The largest absolute Gasteiger partial charge is 0.493 e. The lowest BCUT2D eigenvalue weighted by atomic mass is 9.82. The fourth-order valence-corrected chi connectivity index (χ4v) is 8.44. The number of hydrogen-bond acceptors (Lipinski definition) is 9. The maximum absolute atomic E-state index is 15.1. The second kappa shape index (κ2) is 13.9. The molecule has 14 heteroatoms. The first kappa shape index (κ1) is 34.5. The highest BCUT2D eigenvalue weighted by Gasteiger charge is 2.61.